The largest absolute Gasteiger partial charge is 0.354 e. The maximum Gasteiger partial charge on any atom is 0.239 e. The molecule has 1 aromatic rings. The first-order chi connectivity index (χ1) is 8.25. The maximum absolute atomic E-state index is 11.9. The minimum Gasteiger partial charge on any atom is -0.354 e. The lowest BCUT2D eigenvalue weighted by molar-refractivity contribution is -0.135. The monoisotopic (exact) mass is 252 g/mol. The molecule has 4 nitrogen and oxygen atoms in total. The van der Waals surface area contributed by atoms with Crippen molar-refractivity contribution in [1.82, 2.24) is 10.2 Å². The van der Waals surface area contributed by atoms with E-state index in [1.807, 2.05) is 17.5 Å². The smallest absolute Gasteiger partial charge is 0.239 e. The predicted molar refractivity (Wildman–Crippen MR) is 66.8 cm³/mol. The van der Waals surface area contributed by atoms with Gasteiger partial charge in [-0.05, 0) is 24.3 Å². The minimum absolute atomic E-state index is 0.0491. The summed E-state index contributed by atoms with van der Waals surface area (Å²) in [5, 5.41) is 4.78. The SMILES string of the molecule is O=C1CN(C(=O)CCc2cccs2)CCCN1. The number of thiophene rings is 1. The average Bonchev–Trinajstić information content (AvgIpc) is 2.74. The van der Waals surface area contributed by atoms with Gasteiger partial charge in [0.2, 0.25) is 11.8 Å². The highest BCUT2D eigenvalue weighted by Crippen LogP contribution is 2.12. The first-order valence-electron chi connectivity index (χ1n) is 5.82. The van der Waals surface area contributed by atoms with E-state index in [-0.39, 0.29) is 18.4 Å². The summed E-state index contributed by atoms with van der Waals surface area (Å²) >= 11 is 1.67. The lowest BCUT2D eigenvalue weighted by Crippen LogP contribution is -2.37. The summed E-state index contributed by atoms with van der Waals surface area (Å²) in [6.45, 7) is 1.57. The van der Waals surface area contributed by atoms with Crippen molar-refractivity contribution in [3.63, 3.8) is 0 Å². The van der Waals surface area contributed by atoms with Crippen molar-refractivity contribution in [1.29, 1.82) is 0 Å². The van der Waals surface area contributed by atoms with Crippen LogP contribution in [0.5, 0.6) is 0 Å². The van der Waals surface area contributed by atoms with E-state index >= 15 is 0 Å². The fourth-order valence-electron chi connectivity index (χ4n) is 1.86. The number of nitrogens with one attached hydrogen (secondary N) is 1. The highest BCUT2D eigenvalue weighted by molar-refractivity contribution is 7.09. The average molecular weight is 252 g/mol. The molecule has 1 fully saturated rings. The van der Waals surface area contributed by atoms with E-state index in [2.05, 4.69) is 5.32 Å². The van der Waals surface area contributed by atoms with Gasteiger partial charge < -0.3 is 10.2 Å². The number of hydrogen-bond acceptors (Lipinski definition) is 3. The number of carbonyl (C=O) groups is 2. The fraction of sp³-hybridized carbons (Fsp3) is 0.500. The lowest BCUT2D eigenvalue weighted by atomic mass is 10.2. The van der Waals surface area contributed by atoms with Gasteiger partial charge >= 0.3 is 0 Å². The second-order valence-corrected chi connectivity index (χ2v) is 5.13. The fourth-order valence-corrected chi connectivity index (χ4v) is 2.57. The quantitative estimate of drug-likeness (QED) is 0.873. The van der Waals surface area contributed by atoms with Crippen molar-refractivity contribution in [2.45, 2.75) is 19.3 Å². The zero-order valence-electron chi connectivity index (χ0n) is 9.65. The van der Waals surface area contributed by atoms with Gasteiger partial charge in [0.15, 0.2) is 0 Å². The van der Waals surface area contributed by atoms with Crippen LogP contribution in [0.3, 0.4) is 0 Å². The Morgan fingerprint density at radius 1 is 1.53 bits per heavy atom. The lowest BCUT2D eigenvalue weighted by Gasteiger charge is -2.18. The van der Waals surface area contributed by atoms with Gasteiger partial charge in [-0.1, -0.05) is 6.07 Å². The van der Waals surface area contributed by atoms with E-state index in [1.54, 1.807) is 16.2 Å². The summed E-state index contributed by atoms with van der Waals surface area (Å²) in [4.78, 5) is 26.2. The van der Waals surface area contributed by atoms with E-state index in [0.717, 1.165) is 12.8 Å². The Morgan fingerprint density at radius 2 is 2.41 bits per heavy atom. The van der Waals surface area contributed by atoms with E-state index in [9.17, 15) is 9.59 Å². The van der Waals surface area contributed by atoms with Crippen molar-refractivity contribution in [2.24, 2.45) is 0 Å². The molecule has 0 radical (unpaired) electrons. The highest BCUT2D eigenvalue weighted by Gasteiger charge is 2.19. The standard InChI is InChI=1S/C12H16N2O2S/c15-11-9-14(7-2-6-13-11)12(16)5-4-10-3-1-8-17-10/h1,3,8H,2,4-7,9H2,(H,13,15). The maximum atomic E-state index is 11.9. The summed E-state index contributed by atoms with van der Waals surface area (Å²) in [5.74, 6) is 0.0300. The van der Waals surface area contributed by atoms with Crippen molar-refractivity contribution in [2.75, 3.05) is 19.6 Å². The summed E-state index contributed by atoms with van der Waals surface area (Å²) in [7, 11) is 0. The van der Waals surface area contributed by atoms with Gasteiger partial charge in [-0.15, -0.1) is 11.3 Å². The van der Waals surface area contributed by atoms with Gasteiger partial charge in [-0.2, -0.15) is 0 Å². The van der Waals surface area contributed by atoms with Gasteiger partial charge in [0.1, 0.15) is 0 Å². The molecule has 1 saturated heterocycles. The van der Waals surface area contributed by atoms with Gasteiger partial charge in [0.25, 0.3) is 0 Å². The van der Waals surface area contributed by atoms with Crippen LogP contribution in [-0.4, -0.2) is 36.3 Å². The van der Waals surface area contributed by atoms with Crippen LogP contribution in [0.15, 0.2) is 17.5 Å². The molecule has 17 heavy (non-hydrogen) atoms. The van der Waals surface area contributed by atoms with Crippen molar-refractivity contribution >= 4 is 23.2 Å². The first-order valence-corrected chi connectivity index (χ1v) is 6.70. The molecule has 0 atom stereocenters. The molecule has 5 heteroatoms. The summed E-state index contributed by atoms with van der Waals surface area (Å²) < 4.78 is 0. The number of aryl methyl sites for hydroxylation is 1. The third-order valence-electron chi connectivity index (χ3n) is 2.78. The van der Waals surface area contributed by atoms with E-state index in [4.69, 9.17) is 0 Å². The first kappa shape index (κ1) is 12.1. The Morgan fingerprint density at radius 3 is 3.18 bits per heavy atom. The third-order valence-corrected chi connectivity index (χ3v) is 3.72. The third kappa shape index (κ3) is 3.56. The van der Waals surface area contributed by atoms with Gasteiger partial charge in [0.05, 0.1) is 6.54 Å². The van der Waals surface area contributed by atoms with Crippen LogP contribution in [0.2, 0.25) is 0 Å². The molecule has 2 rings (SSSR count). The molecule has 2 amide bonds. The van der Waals surface area contributed by atoms with Gasteiger partial charge in [-0.25, -0.2) is 0 Å². The molecule has 1 aliphatic heterocycles. The molecule has 1 aliphatic rings. The predicted octanol–water partition coefficient (Wildman–Crippen LogP) is 1.03. The number of amides is 2. The Balaban J connectivity index is 1.84. The Hall–Kier alpha value is -1.36. The van der Waals surface area contributed by atoms with E-state index < -0.39 is 0 Å². The molecule has 0 aliphatic carbocycles. The second kappa shape index (κ2) is 5.82. The second-order valence-electron chi connectivity index (χ2n) is 4.10. The van der Waals surface area contributed by atoms with E-state index in [1.165, 1.54) is 4.88 Å². The van der Waals surface area contributed by atoms with Crippen molar-refractivity contribution in [3.8, 4) is 0 Å². The molecule has 92 valence electrons. The number of carbonyl (C=O) groups excluding carboxylic acids is 2. The van der Waals surface area contributed by atoms with Crippen molar-refractivity contribution in [3.05, 3.63) is 22.4 Å². The molecule has 0 saturated carbocycles. The van der Waals surface area contributed by atoms with Gasteiger partial charge in [0, 0.05) is 24.4 Å². The van der Waals surface area contributed by atoms with Crippen LogP contribution >= 0.6 is 11.3 Å². The normalized spacial score (nSPS) is 16.5. The minimum atomic E-state index is -0.0491. The van der Waals surface area contributed by atoms with Crippen molar-refractivity contribution < 1.29 is 9.59 Å². The Bertz CT molecular complexity index is 389. The molecule has 0 aromatic carbocycles. The molecule has 0 bridgehead atoms. The van der Waals surface area contributed by atoms with Crippen LogP contribution in [0.4, 0.5) is 0 Å². The van der Waals surface area contributed by atoms with Crippen LogP contribution in [-0.2, 0) is 16.0 Å². The van der Waals surface area contributed by atoms with Gasteiger partial charge in [-0.3, -0.25) is 9.59 Å². The van der Waals surface area contributed by atoms with Crippen LogP contribution in [0, 0.1) is 0 Å². The molecular weight excluding hydrogens is 236 g/mol. The molecule has 1 N–H and O–H groups in total. The zero-order chi connectivity index (χ0) is 12.1. The molecule has 0 unspecified atom stereocenters. The van der Waals surface area contributed by atoms with Crippen LogP contribution in [0.1, 0.15) is 17.7 Å². The molecular formula is C12H16N2O2S. The summed E-state index contributed by atoms with van der Waals surface area (Å²) in [6, 6.07) is 4.02. The number of hydrogen-bond donors (Lipinski definition) is 1. The molecule has 0 spiro atoms. The Labute approximate surface area is 105 Å². The van der Waals surface area contributed by atoms with Crippen LogP contribution < -0.4 is 5.32 Å². The molecule has 2 heterocycles. The highest BCUT2D eigenvalue weighted by atomic mass is 32.1. The molecule has 1 aromatic heterocycles. The van der Waals surface area contributed by atoms with E-state index in [0.29, 0.717) is 19.5 Å². The van der Waals surface area contributed by atoms with Crippen LogP contribution in [0.25, 0.3) is 0 Å². The number of nitrogens with zero attached hydrogens (tertiary/aromatic N) is 1. The zero-order valence-corrected chi connectivity index (χ0v) is 10.5. The summed E-state index contributed by atoms with van der Waals surface area (Å²) in [5.41, 5.74) is 0. The topological polar surface area (TPSA) is 49.4 Å². The number of rotatable bonds is 3. The summed E-state index contributed by atoms with van der Waals surface area (Å²) in [6.07, 6.45) is 2.11. The Kier molecular flexibility index (Phi) is 4.14.